The molecule has 0 aromatic heterocycles. The summed E-state index contributed by atoms with van der Waals surface area (Å²) in [5, 5.41) is 2.35. The lowest BCUT2D eigenvalue weighted by molar-refractivity contribution is -0.0966. The summed E-state index contributed by atoms with van der Waals surface area (Å²) in [4.78, 5) is 0. The second kappa shape index (κ2) is 9.64. The van der Waals surface area contributed by atoms with Crippen LogP contribution in [0.4, 0.5) is 13.2 Å². The molecule has 29 heavy (non-hydrogen) atoms. The lowest BCUT2D eigenvalue weighted by atomic mass is 9.96. The van der Waals surface area contributed by atoms with Crippen molar-refractivity contribution in [3.05, 3.63) is 106 Å². The van der Waals surface area contributed by atoms with Crippen LogP contribution in [0.25, 0.3) is 0 Å². The first-order valence-electron chi connectivity index (χ1n) is 9.62. The summed E-state index contributed by atoms with van der Waals surface area (Å²) < 4.78 is 38.6. The maximum Gasteiger partial charge on any atom is 0.430 e. The van der Waals surface area contributed by atoms with Gasteiger partial charge < -0.3 is 5.32 Å². The molecule has 4 heteroatoms. The van der Waals surface area contributed by atoms with Crippen LogP contribution in [0.15, 0.2) is 106 Å². The number of hydrogen-bond acceptors (Lipinski definition) is 1. The zero-order valence-corrected chi connectivity index (χ0v) is 17.4. The molecular weight excluding hydrogens is 371 g/mol. The number of halogens is 3. The fraction of sp³-hybridized carbons (Fsp3) is 0.280. The van der Waals surface area contributed by atoms with E-state index in [4.69, 9.17) is 0 Å². The predicted molar refractivity (Wildman–Crippen MR) is 116 cm³/mol. The van der Waals surface area contributed by atoms with Crippen LogP contribution >= 0.6 is 0 Å². The molecule has 0 radical (unpaired) electrons. The largest absolute Gasteiger partial charge is 0.430 e. The first-order valence-corrected chi connectivity index (χ1v) is 9.62. The predicted octanol–water partition coefficient (Wildman–Crippen LogP) is 7.05. The number of dihydropyridines is 1. The summed E-state index contributed by atoms with van der Waals surface area (Å²) in [5.74, 6) is 0.374. The Morgan fingerprint density at radius 1 is 1.21 bits per heavy atom. The van der Waals surface area contributed by atoms with Crippen LogP contribution in [0.2, 0.25) is 0 Å². The third kappa shape index (κ3) is 6.11. The highest BCUT2D eigenvalue weighted by Crippen LogP contribution is 2.29. The van der Waals surface area contributed by atoms with Gasteiger partial charge in [-0.05, 0) is 55.1 Å². The Balaban J connectivity index is 2.28. The molecule has 0 fully saturated rings. The Labute approximate surface area is 171 Å². The quantitative estimate of drug-likeness (QED) is 0.489. The first kappa shape index (κ1) is 22.5. The SMILES string of the molecule is C=C\C=C(C1=CC(C)=C(C)C(C)C=C1)/C(C)=C\C=C\C1=CCNC(C(F)(F)F)=C1. The van der Waals surface area contributed by atoms with E-state index in [2.05, 4.69) is 50.9 Å². The van der Waals surface area contributed by atoms with E-state index < -0.39 is 11.9 Å². The van der Waals surface area contributed by atoms with E-state index in [0.29, 0.717) is 11.5 Å². The monoisotopic (exact) mass is 399 g/mol. The van der Waals surface area contributed by atoms with Gasteiger partial charge >= 0.3 is 6.18 Å². The zero-order chi connectivity index (χ0) is 21.6. The standard InChI is InChI=1S/C25H28F3N/c1-6-8-23(22-12-11-17(2)20(5)19(4)15-22)18(3)9-7-10-21-13-14-29-24(16-21)25(26,27)28/h6-13,15-17,29H,1,14H2,2-5H3/b10-7+,18-9-,23-8+. The minimum Gasteiger partial charge on any atom is -0.378 e. The highest BCUT2D eigenvalue weighted by Gasteiger charge is 2.34. The van der Waals surface area contributed by atoms with Gasteiger partial charge in [-0.15, -0.1) is 0 Å². The van der Waals surface area contributed by atoms with Crippen LogP contribution in [-0.4, -0.2) is 12.7 Å². The molecule has 1 N–H and O–H groups in total. The molecular formula is C25H28F3N. The number of hydrogen-bond donors (Lipinski definition) is 1. The molecule has 1 aliphatic carbocycles. The van der Waals surface area contributed by atoms with Gasteiger partial charge in [0.15, 0.2) is 0 Å². The average molecular weight is 400 g/mol. The fourth-order valence-electron chi connectivity index (χ4n) is 3.13. The normalized spacial score (nSPS) is 21.5. The molecule has 1 heterocycles. The Hall–Kier alpha value is -2.75. The van der Waals surface area contributed by atoms with Crippen molar-refractivity contribution in [2.24, 2.45) is 5.92 Å². The topological polar surface area (TPSA) is 12.0 Å². The molecule has 1 atom stereocenters. The van der Waals surface area contributed by atoms with E-state index >= 15 is 0 Å². The van der Waals surface area contributed by atoms with Crippen LogP contribution in [0.5, 0.6) is 0 Å². The highest BCUT2D eigenvalue weighted by molar-refractivity contribution is 5.57. The molecule has 0 bridgehead atoms. The van der Waals surface area contributed by atoms with Crippen molar-refractivity contribution in [1.29, 1.82) is 0 Å². The van der Waals surface area contributed by atoms with Crippen LogP contribution in [0.3, 0.4) is 0 Å². The molecule has 0 amide bonds. The maximum atomic E-state index is 12.9. The zero-order valence-electron chi connectivity index (χ0n) is 17.4. The number of nitrogens with one attached hydrogen (secondary N) is 1. The van der Waals surface area contributed by atoms with Gasteiger partial charge in [-0.3, -0.25) is 0 Å². The van der Waals surface area contributed by atoms with E-state index in [9.17, 15) is 13.2 Å². The lowest BCUT2D eigenvalue weighted by Gasteiger charge is -2.17. The van der Waals surface area contributed by atoms with Crippen molar-refractivity contribution < 1.29 is 13.2 Å². The Morgan fingerprint density at radius 2 is 1.93 bits per heavy atom. The average Bonchev–Trinajstić information content (AvgIpc) is 2.79. The van der Waals surface area contributed by atoms with E-state index in [-0.39, 0.29) is 6.54 Å². The summed E-state index contributed by atoms with van der Waals surface area (Å²) in [5.41, 5.74) is 5.52. The molecule has 0 aromatic carbocycles. The van der Waals surface area contributed by atoms with E-state index in [1.807, 2.05) is 19.1 Å². The van der Waals surface area contributed by atoms with Crippen molar-refractivity contribution in [3.63, 3.8) is 0 Å². The van der Waals surface area contributed by atoms with Gasteiger partial charge in [-0.1, -0.05) is 79.3 Å². The van der Waals surface area contributed by atoms with Crippen molar-refractivity contribution in [2.45, 2.75) is 33.9 Å². The van der Waals surface area contributed by atoms with Gasteiger partial charge in [0.05, 0.1) is 0 Å². The number of rotatable bonds is 5. The molecule has 0 aromatic rings. The summed E-state index contributed by atoms with van der Waals surface area (Å²) in [6, 6.07) is 0. The summed E-state index contributed by atoms with van der Waals surface area (Å²) >= 11 is 0. The Kier molecular flexibility index (Phi) is 7.49. The van der Waals surface area contributed by atoms with Gasteiger partial charge in [0, 0.05) is 6.54 Å². The number of alkyl halides is 3. The van der Waals surface area contributed by atoms with Gasteiger partial charge in [-0.2, -0.15) is 13.2 Å². The third-order valence-corrected chi connectivity index (χ3v) is 5.14. The second-order valence-electron chi connectivity index (χ2n) is 7.28. The summed E-state index contributed by atoms with van der Waals surface area (Å²) in [6.45, 7) is 12.4. The Morgan fingerprint density at radius 3 is 2.59 bits per heavy atom. The molecule has 2 aliphatic rings. The van der Waals surface area contributed by atoms with Crippen LogP contribution in [-0.2, 0) is 0 Å². The van der Waals surface area contributed by atoms with Crippen molar-refractivity contribution in [1.82, 2.24) is 5.32 Å². The molecule has 1 unspecified atom stereocenters. The molecule has 1 aliphatic heterocycles. The smallest absolute Gasteiger partial charge is 0.378 e. The number of allylic oxidation sites excluding steroid dienone is 16. The van der Waals surface area contributed by atoms with Crippen molar-refractivity contribution in [3.8, 4) is 0 Å². The molecule has 0 saturated carbocycles. The second-order valence-corrected chi connectivity index (χ2v) is 7.28. The maximum absolute atomic E-state index is 12.9. The summed E-state index contributed by atoms with van der Waals surface area (Å²) in [7, 11) is 0. The van der Waals surface area contributed by atoms with Crippen LogP contribution in [0.1, 0.15) is 27.7 Å². The van der Waals surface area contributed by atoms with Gasteiger partial charge in [0.2, 0.25) is 0 Å². The summed E-state index contributed by atoms with van der Waals surface area (Å²) in [6.07, 6.45) is 14.0. The Bertz CT molecular complexity index is 897. The highest BCUT2D eigenvalue weighted by atomic mass is 19.4. The van der Waals surface area contributed by atoms with Gasteiger partial charge in [-0.25, -0.2) is 0 Å². The third-order valence-electron chi connectivity index (χ3n) is 5.14. The van der Waals surface area contributed by atoms with E-state index in [1.54, 1.807) is 24.3 Å². The van der Waals surface area contributed by atoms with Crippen molar-refractivity contribution >= 4 is 0 Å². The molecule has 0 spiro atoms. The first-order chi connectivity index (χ1) is 13.6. The lowest BCUT2D eigenvalue weighted by Crippen LogP contribution is -2.28. The van der Waals surface area contributed by atoms with Gasteiger partial charge in [0.25, 0.3) is 0 Å². The minimum atomic E-state index is -4.36. The van der Waals surface area contributed by atoms with Gasteiger partial charge in [0.1, 0.15) is 5.70 Å². The van der Waals surface area contributed by atoms with Crippen LogP contribution < -0.4 is 5.32 Å². The fourth-order valence-corrected chi connectivity index (χ4v) is 3.13. The molecule has 2 rings (SSSR count). The molecule has 154 valence electrons. The van der Waals surface area contributed by atoms with Crippen molar-refractivity contribution in [2.75, 3.05) is 6.54 Å². The van der Waals surface area contributed by atoms with E-state index in [0.717, 1.165) is 22.8 Å². The molecule has 1 nitrogen and oxygen atoms in total. The van der Waals surface area contributed by atoms with Crippen LogP contribution in [0, 0.1) is 5.92 Å². The minimum absolute atomic E-state index is 0.163. The van der Waals surface area contributed by atoms with E-state index in [1.165, 1.54) is 11.1 Å². The molecule has 0 saturated heterocycles.